The molecule has 2 aliphatic heterocycles. The highest BCUT2D eigenvalue weighted by atomic mass is 32.1. The maximum atomic E-state index is 12.8. The van der Waals surface area contributed by atoms with Crippen LogP contribution in [-0.2, 0) is 16.1 Å². The lowest BCUT2D eigenvalue weighted by Crippen LogP contribution is -2.51. The van der Waals surface area contributed by atoms with Gasteiger partial charge in [0.15, 0.2) is 6.67 Å². The van der Waals surface area contributed by atoms with Gasteiger partial charge in [-0.25, -0.2) is 9.78 Å². The highest BCUT2D eigenvalue weighted by molar-refractivity contribution is 7.20. The topological polar surface area (TPSA) is 80.8 Å². The Labute approximate surface area is 209 Å². The summed E-state index contributed by atoms with van der Waals surface area (Å²) in [4.78, 5) is 31.2. The van der Waals surface area contributed by atoms with E-state index in [2.05, 4.69) is 22.4 Å². The molecule has 9 heteroatoms. The molecular formula is C26H31N4O4S+. The lowest BCUT2D eigenvalue weighted by atomic mass is 10.2. The van der Waals surface area contributed by atoms with Gasteiger partial charge in [-0.05, 0) is 57.2 Å². The van der Waals surface area contributed by atoms with Gasteiger partial charge in [0, 0.05) is 12.0 Å². The Kier molecular flexibility index (Phi) is 6.14. The second-order valence-corrected chi connectivity index (χ2v) is 11.4. The Morgan fingerprint density at radius 3 is 2.69 bits per heavy atom. The monoisotopic (exact) mass is 495 g/mol. The van der Waals surface area contributed by atoms with Crippen molar-refractivity contribution in [3.05, 3.63) is 54.1 Å². The number of hydrogen-bond donors (Lipinski definition) is 1. The van der Waals surface area contributed by atoms with Crippen LogP contribution in [0, 0.1) is 0 Å². The largest absolute Gasteiger partial charge is 0.444 e. The molecule has 5 rings (SSSR count). The molecular weight excluding hydrogens is 464 g/mol. The number of para-hydroxylation sites is 1. The summed E-state index contributed by atoms with van der Waals surface area (Å²) in [5, 5.41) is 3.23. The fraction of sp³-hybridized carbons (Fsp3) is 0.423. The Morgan fingerprint density at radius 2 is 1.94 bits per heavy atom. The molecule has 2 aromatic carbocycles. The first-order valence-electron chi connectivity index (χ1n) is 11.9. The van der Waals surface area contributed by atoms with Crippen LogP contribution in [0.15, 0.2) is 48.5 Å². The minimum Gasteiger partial charge on any atom is -0.444 e. The summed E-state index contributed by atoms with van der Waals surface area (Å²) in [7, 11) is 0. The molecule has 2 amide bonds. The number of carbonyl (C=O) groups is 2. The lowest BCUT2D eigenvalue weighted by Gasteiger charge is -2.34. The zero-order chi connectivity index (χ0) is 24.6. The predicted octanol–water partition coefficient (Wildman–Crippen LogP) is 4.50. The number of aromatic nitrogens is 1. The molecule has 0 saturated carbocycles. The second-order valence-electron chi connectivity index (χ2n) is 10.4. The van der Waals surface area contributed by atoms with Crippen molar-refractivity contribution in [2.24, 2.45) is 0 Å². The van der Waals surface area contributed by atoms with Crippen molar-refractivity contribution in [2.75, 3.05) is 26.3 Å². The van der Waals surface area contributed by atoms with Gasteiger partial charge >= 0.3 is 6.09 Å². The average Bonchev–Trinajstić information content (AvgIpc) is 3.50. The summed E-state index contributed by atoms with van der Waals surface area (Å²) in [5.74, 6) is 0.707. The Morgan fingerprint density at radius 1 is 1.17 bits per heavy atom. The van der Waals surface area contributed by atoms with Crippen LogP contribution in [0.25, 0.3) is 10.2 Å². The first kappa shape index (κ1) is 23.6. The third-order valence-electron chi connectivity index (χ3n) is 6.45. The van der Waals surface area contributed by atoms with E-state index in [9.17, 15) is 9.59 Å². The molecule has 2 atom stereocenters. The van der Waals surface area contributed by atoms with Gasteiger partial charge in [-0.15, -0.1) is 0 Å². The van der Waals surface area contributed by atoms with E-state index in [1.165, 1.54) is 16.9 Å². The third-order valence-corrected chi connectivity index (χ3v) is 7.37. The number of amides is 2. The van der Waals surface area contributed by atoms with E-state index in [0.717, 1.165) is 46.5 Å². The molecule has 0 unspecified atom stereocenters. The van der Waals surface area contributed by atoms with Crippen LogP contribution in [0.4, 0.5) is 4.79 Å². The number of quaternary nitrogens is 1. The number of fused-ring (bicyclic) bond motifs is 3. The van der Waals surface area contributed by atoms with E-state index in [-0.39, 0.29) is 18.5 Å². The Balaban J connectivity index is 1.16. The number of nitrogens with one attached hydrogen (secondary N) is 1. The van der Waals surface area contributed by atoms with Crippen LogP contribution in [-0.4, -0.2) is 64.3 Å². The molecule has 3 heterocycles. The average molecular weight is 496 g/mol. The van der Waals surface area contributed by atoms with Crippen molar-refractivity contribution in [3.8, 4) is 10.9 Å². The minimum atomic E-state index is -0.588. The molecule has 0 aliphatic carbocycles. The quantitative estimate of drug-likeness (QED) is 0.509. The fourth-order valence-electron chi connectivity index (χ4n) is 4.96. The molecule has 1 aromatic heterocycles. The highest BCUT2D eigenvalue weighted by Crippen LogP contribution is 2.35. The molecule has 35 heavy (non-hydrogen) atoms. The molecule has 2 aliphatic rings. The van der Waals surface area contributed by atoms with E-state index in [0.29, 0.717) is 11.9 Å². The van der Waals surface area contributed by atoms with Gasteiger partial charge in [0.1, 0.15) is 31.0 Å². The molecule has 0 spiro atoms. The number of alkyl carbamates (subject to hydrolysis) is 1. The molecule has 0 radical (unpaired) electrons. The van der Waals surface area contributed by atoms with Crippen LogP contribution in [0.3, 0.4) is 0 Å². The molecule has 2 fully saturated rings. The van der Waals surface area contributed by atoms with E-state index >= 15 is 0 Å². The van der Waals surface area contributed by atoms with Crippen molar-refractivity contribution >= 4 is 33.6 Å². The highest BCUT2D eigenvalue weighted by Gasteiger charge is 2.51. The molecule has 8 nitrogen and oxygen atoms in total. The van der Waals surface area contributed by atoms with Crippen molar-refractivity contribution in [3.63, 3.8) is 0 Å². The van der Waals surface area contributed by atoms with Gasteiger partial charge in [0.25, 0.3) is 5.19 Å². The van der Waals surface area contributed by atoms with Crippen LogP contribution in [0.2, 0.25) is 0 Å². The van der Waals surface area contributed by atoms with E-state index in [1.54, 1.807) is 20.8 Å². The maximum absolute atomic E-state index is 12.8. The van der Waals surface area contributed by atoms with E-state index in [1.807, 2.05) is 41.3 Å². The summed E-state index contributed by atoms with van der Waals surface area (Å²) in [5.41, 5.74) is 1.57. The third kappa shape index (κ3) is 5.41. The summed E-state index contributed by atoms with van der Waals surface area (Å²) >= 11 is 1.53. The lowest BCUT2D eigenvalue weighted by molar-refractivity contribution is -0.926. The Bertz CT molecular complexity index is 1200. The van der Waals surface area contributed by atoms with Crippen LogP contribution in [0.5, 0.6) is 10.9 Å². The number of nitrogens with zero attached hydrogens (tertiary/aromatic N) is 3. The number of thiazole rings is 1. The van der Waals surface area contributed by atoms with Gasteiger partial charge in [-0.1, -0.05) is 23.5 Å². The summed E-state index contributed by atoms with van der Waals surface area (Å²) < 4.78 is 13.2. The molecule has 1 N–H and O–H groups in total. The van der Waals surface area contributed by atoms with Gasteiger partial charge in [0.05, 0.1) is 22.8 Å². The van der Waals surface area contributed by atoms with Crippen LogP contribution >= 0.6 is 11.3 Å². The van der Waals surface area contributed by atoms with Crippen LogP contribution in [0.1, 0.15) is 32.8 Å². The SMILES string of the molecule is CC(C)(C)OC(=O)NCC(=O)N1C[N@@+]2(Cc3ccc(Oc4nc5ccccc5s4)cc3)CC[C@H]1C2. The number of carbonyl (C=O) groups excluding carboxylic acids is 2. The number of rotatable bonds is 6. The van der Waals surface area contributed by atoms with E-state index in [4.69, 9.17) is 9.47 Å². The number of hydrogen-bond acceptors (Lipinski definition) is 6. The zero-order valence-corrected chi connectivity index (χ0v) is 21.1. The smallest absolute Gasteiger partial charge is 0.408 e. The van der Waals surface area contributed by atoms with Gasteiger partial charge in [-0.3, -0.25) is 9.69 Å². The van der Waals surface area contributed by atoms with Crippen molar-refractivity contribution in [1.82, 2.24) is 15.2 Å². The van der Waals surface area contributed by atoms with Gasteiger partial charge in [-0.2, -0.15) is 0 Å². The standard InChI is InChI=1S/C26H30N4O4S/c1-26(2,3)34-24(32)27-14-23(31)29-17-30(13-12-19(29)16-30)15-18-8-10-20(11-9-18)33-25-28-21-6-4-5-7-22(21)35-25/h4-11,19H,12-17H2,1-3H3/p+1/t19-,30+/m0/s1. The first-order valence-corrected chi connectivity index (χ1v) is 12.7. The minimum absolute atomic E-state index is 0.0385. The molecule has 2 bridgehead atoms. The summed E-state index contributed by atoms with van der Waals surface area (Å²) in [6.45, 7) is 8.89. The number of benzene rings is 2. The summed E-state index contributed by atoms with van der Waals surface area (Å²) in [6.07, 6.45) is 0.421. The van der Waals surface area contributed by atoms with E-state index < -0.39 is 11.7 Å². The van der Waals surface area contributed by atoms with Crippen LogP contribution < -0.4 is 10.1 Å². The Hall–Kier alpha value is -3.17. The van der Waals surface area contributed by atoms with Crippen molar-refractivity contribution in [1.29, 1.82) is 0 Å². The molecule has 184 valence electrons. The fourth-order valence-corrected chi connectivity index (χ4v) is 5.79. The second kappa shape index (κ2) is 9.13. The van der Waals surface area contributed by atoms with Crippen molar-refractivity contribution in [2.45, 2.75) is 45.4 Å². The first-order chi connectivity index (χ1) is 16.7. The maximum Gasteiger partial charge on any atom is 0.408 e. The number of ether oxygens (including phenoxy) is 2. The van der Waals surface area contributed by atoms with Gasteiger partial charge in [0.2, 0.25) is 5.91 Å². The summed E-state index contributed by atoms with van der Waals surface area (Å²) in [6, 6.07) is 16.4. The zero-order valence-electron chi connectivity index (χ0n) is 20.3. The molecule has 2 saturated heterocycles. The normalized spacial score (nSPS) is 21.3. The molecule has 3 aromatic rings. The van der Waals surface area contributed by atoms with Crippen molar-refractivity contribution < 1.29 is 23.5 Å². The predicted molar refractivity (Wildman–Crippen MR) is 134 cm³/mol. The van der Waals surface area contributed by atoms with Gasteiger partial charge < -0.3 is 19.3 Å².